The van der Waals surface area contributed by atoms with Crippen LogP contribution in [0.25, 0.3) is 44.6 Å². The second kappa shape index (κ2) is 6.61. The van der Waals surface area contributed by atoms with Gasteiger partial charge in [0.1, 0.15) is 5.58 Å². The van der Waals surface area contributed by atoms with Crippen LogP contribution in [0.2, 0.25) is 0 Å². The quantitative estimate of drug-likeness (QED) is 0.351. The number of rotatable bonds is 3. The second-order valence-electron chi connectivity index (χ2n) is 7.13. The van der Waals surface area contributed by atoms with Crippen molar-refractivity contribution in [3.05, 3.63) is 84.6 Å². The molecule has 0 unspecified atom stereocenters. The highest BCUT2D eigenvalue weighted by Gasteiger charge is 2.15. The van der Waals surface area contributed by atoms with Gasteiger partial charge < -0.3 is 4.42 Å². The van der Waals surface area contributed by atoms with Crippen LogP contribution in [0.3, 0.4) is 0 Å². The van der Waals surface area contributed by atoms with E-state index in [1.165, 1.54) is 0 Å². The summed E-state index contributed by atoms with van der Waals surface area (Å²) in [5.74, 6) is -0.689. The Labute approximate surface area is 165 Å². The predicted octanol–water partition coefficient (Wildman–Crippen LogP) is 6.83. The van der Waals surface area contributed by atoms with Gasteiger partial charge in [-0.2, -0.15) is 0 Å². The summed E-state index contributed by atoms with van der Waals surface area (Å²) < 4.78 is 14.6. The fourth-order valence-corrected chi connectivity index (χ4v) is 3.54. The highest BCUT2D eigenvalue weighted by Crippen LogP contribution is 2.36. The monoisotopic (exact) mass is 365 g/mol. The van der Waals surface area contributed by atoms with Crippen LogP contribution in [0.4, 0.5) is 0 Å². The van der Waals surface area contributed by atoms with Crippen molar-refractivity contribution in [1.82, 2.24) is 9.97 Å². The Morgan fingerprint density at radius 2 is 1.71 bits per heavy atom. The molecular weight excluding hydrogens is 344 g/mol. The average molecular weight is 365 g/mol. The Morgan fingerprint density at radius 1 is 0.857 bits per heavy atom. The van der Waals surface area contributed by atoms with E-state index in [2.05, 4.69) is 11.1 Å². The van der Waals surface area contributed by atoms with E-state index in [0.717, 1.165) is 44.4 Å². The van der Waals surface area contributed by atoms with E-state index in [1.807, 2.05) is 80.6 Å². The van der Waals surface area contributed by atoms with E-state index in [0.29, 0.717) is 5.71 Å². The van der Waals surface area contributed by atoms with Crippen LogP contribution >= 0.6 is 0 Å². The van der Waals surface area contributed by atoms with Crippen molar-refractivity contribution in [3.8, 4) is 22.5 Å². The standard InChI is InChI=1S/C25H20N2O/c1-16(2)18-13-14-26-23(15-18)21-10-6-9-19-20-11-12-22(17-7-4-3-5-8-17)27-25(20)28-24(19)21/h3-16H,1-2H3/i16D. The number of fused-ring (bicyclic) bond motifs is 3. The van der Waals surface area contributed by atoms with Crippen molar-refractivity contribution in [3.63, 3.8) is 0 Å². The number of aromatic nitrogens is 2. The van der Waals surface area contributed by atoms with E-state index < -0.39 is 5.89 Å². The number of hydrogen-bond acceptors (Lipinski definition) is 3. The Morgan fingerprint density at radius 3 is 2.54 bits per heavy atom. The van der Waals surface area contributed by atoms with Gasteiger partial charge in [-0.15, -0.1) is 0 Å². The zero-order valence-corrected chi connectivity index (χ0v) is 15.8. The first-order valence-electron chi connectivity index (χ1n) is 9.85. The summed E-state index contributed by atoms with van der Waals surface area (Å²) in [5, 5.41) is 2.00. The first kappa shape index (κ1) is 15.6. The molecule has 3 heterocycles. The summed E-state index contributed by atoms with van der Waals surface area (Å²) in [5.41, 5.74) is 5.96. The molecule has 136 valence electrons. The largest absolute Gasteiger partial charge is 0.437 e. The Kier molecular flexibility index (Phi) is 3.68. The van der Waals surface area contributed by atoms with Crippen LogP contribution in [0.15, 0.2) is 83.4 Å². The van der Waals surface area contributed by atoms with E-state index in [1.54, 1.807) is 6.20 Å². The lowest BCUT2D eigenvalue weighted by Gasteiger charge is -2.07. The van der Waals surface area contributed by atoms with Gasteiger partial charge in [-0.25, -0.2) is 4.98 Å². The van der Waals surface area contributed by atoms with Crippen LogP contribution in [-0.4, -0.2) is 9.97 Å². The molecular formula is C25H20N2O. The Balaban J connectivity index is 1.70. The average Bonchev–Trinajstić information content (AvgIpc) is 3.12. The normalized spacial score (nSPS) is 12.4. The highest BCUT2D eigenvalue weighted by atomic mass is 16.3. The van der Waals surface area contributed by atoms with Gasteiger partial charge in [-0.05, 0) is 41.8 Å². The van der Waals surface area contributed by atoms with Gasteiger partial charge in [-0.3, -0.25) is 4.98 Å². The van der Waals surface area contributed by atoms with Crippen molar-refractivity contribution < 1.29 is 5.79 Å². The van der Waals surface area contributed by atoms with Crippen LogP contribution in [0.1, 0.15) is 26.7 Å². The molecule has 28 heavy (non-hydrogen) atoms. The maximum Gasteiger partial charge on any atom is 0.227 e. The third kappa shape index (κ3) is 2.76. The lowest BCUT2D eigenvalue weighted by molar-refractivity contribution is 0.655. The minimum Gasteiger partial charge on any atom is -0.437 e. The SMILES string of the molecule is [2H]C(C)(C)c1ccnc(-c2cccc3c2oc2nc(-c4ccccc4)ccc23)c1. The fourth-order valence-electron chi connectivity index (χ4n) is 3.54. The predicted molar refractivity (Wildman–Crippen MR) is 114 cm³/mol. The van der Waals surface area contributed by atoms with Crippen LogP contribution in [-0.2, 0) is 0 Å². The minimum atomic E-state index is -0.689. The summed E-state index contributed by atoms with van der Waals surface area (Å²) >= 11 is 0. The molecule has 3 aromatic heterocycles. The molecule has 0 fully saturated rings. The van der Waals surface area contributed by atoms with Crippen molar-refractivity contribution >= 4 is 22.1 Å². The van der Waals surface area contributed by atoms with Crippen LogP contribution in [0, 0.1) is 0 Å². The topological polar surface area (TPSA) is 38.9 Å². The van der Waals surface area contributed by atoms with Crippen LogP contribution < -0.4 is 0 Å². The summed E-state index contributed by atoms with van der Waals surface area (Å²) in [4.78, 5) is 9.30. The van der Waals surface area contributed by atoms with Gasteiger partial charge in [-0.1, -0.05) is 56.3 Å². The Hall–Kier alpha value is -3.46. The van der Waals surface area contributed by atoms with E-state index in [-0.39, 0.29) is 0 Å². The molecule has 0 amide bonds. The van der Waals surface area contributed by atoms with Gasteiger partial charge in [0.15, 0.2) is 0 Å². The summed E-state index contributed by atoms with van der Waals surface area (Å²) in [6, 6.07) is 24.1. The number of para-hydroxylation sites is 1. The molecule has 2 aromatic carbocycles. The number of nitrogens with zero attached hydrogens (tertiary/aromatic N) is 2. The zero-order valence-electron chi connectivity index (χ0n) is 16.8. The number of pyridine rings is 2. The van der Waals surface area contributed by atoms with Gasteiger partial charge in [0.05, 0.1) is 11.4 Å². The molecule has 0 atom stereocenters. The smallest absolute Gasteiger partial charge is 0.227 e. The second-order valence-corrected chi connectivity index (χ2v) is 7.13. The Bertz CT molecular complexity index is 1330. The molecule has 3 nitrogen and oxygen atoms in total. The molecule has 0 saturated carbocycles. The highest BCUT2D eigenvalue weighted by molar-refractivity contribution is 6.08. The summed E-state index contributed by atoms with van der Waals surface area (Å²) in [7, 11) is 0. The molecule has 0 spiro atoms. The third-order valence-electron chi connectivity index (χ3n) is 5.05. The first-order chi connectivity index (χ1) is 14.0. The minimum absolute atomic E-state index is 0.616. The molecule has 5 aromatic rings. The lowest BCUT2D eigenvalue weighted by atomic mass is 10.0. The van der Waals surface area contributed by atoms with Gasteiger partial charge >= 0.3 is 0 Å². The van der Waals surface area contributed by atoms with Crippen molar-refractivity contribution in [2.24, 2.45) is 0 Å². The fraction of sp³-hybridized carbons (Fsp3) is 0.120. The van der Waals surface area contributed by atoms with Crippen molar-refractivity contribution in [2.75, 3.05) is 0 Å². The maximum absolute atomic E-state index is 8.33. The van der Waals surface area contributed by atoms with E-state index in [4.69, 9.17) is 10.8 Å². The summed E-state index contributed by atoms with van der Waals surface area (Å²) in [6.45, 7) is 3.76. The zero-order chi connectivity index (χ0) is 20.0. The van der Waals surface area contributed by atoms with E-state index in [9.17, 15) is 0 Å². The third-order valence-corrected chi connectivity index (χ3v) is 5.05. The lowest BCUT2D eigenvalue weighted by Crippen LogP contribution is -1.90. The molecule has 0 bridgehead atoms. The van der Waals surface area contributed by atoms with Crippen molar-refractivity contribution in [1.29, 1.82) is 0 Å². The van der Waals surface area contributed by atoms with E-state index >= 15 is 0 Å². The molecule has 0 radical (unpaired) electrons. The number of furan rings is 1. The van der Waals surface area contributed by atoms with Gasteiger partial charge in [0, 0.05) is 29.5 Å². The number of benzene rings is 2. The first-order valence-corrected chi connectivity index (χ1v) is 9.35. The molecule has 0 N–H and O–H groups in total. The maximum atomic E-state index is 8.33. The molecule has 0 saturated heterocycles. The van der Waals surface area contributed by atoms with Gasteiger partial charge in [0.25, 0.3) is 0 Å². The summed E-state index contributed by atoms with van der Waals surface area (Å²) in [6.07, 6.45) is 1.76. The van der Waals surface area contributed by atoms with Crippen LogP contribution in [0.5, 0.6) is 0 Å². The molecule has 0 aliphatic rings. The van der Waals surface area contributed by atoms with Gasteiger partial charge in [0.2, 0.25) is 5.71 Å². The molecule has 3 heteroatoms. The van der Waals surface area contributed by atoms with Crippen molar-refractivity contribution in [2.45, 2.75) is 19.7 Å². The molecule has 5 rings (SSSR count). The molecule has 0 aliphatic carbocycles. The molecule has 0 aliphatic heterocycles. The number of hydrogen-bond donors (Lipinski definition) is 0.